The zero-order valence-corrected chi connectivity index (χ0v) is 9.49. The lowest BCUT2D eigenvalue weighted by molar-refractivity contribution is -0.115. The molecule has 1 N–H and O–H groups in total. The molecule has 3 rings (SSSR count). The molecule has 1 aromatic carbocycles. The van der Waals surface area contributed by atoms with Gasteiger partial charge < -0.3 is 19.5 Å². The Bertz CT molecular complexity index is 472. The molecule has 0 aliphatic carbocycles. The Morgan fingerprint density at radius 2 is 2.41 bits per heavy atom. The van der Waals surface area contributed by atoms with Crippen LogP contribution in [0.15, 0.2) is 12.1 Å². The van der Waals surface area contributed by atoms with E-state index in [0.29, 0.717) is 31.1 Å². The number of ether oxygens (including phenoxy) is 3. The first-order valence-electron chi connectivity index (χ1n) is 5.52. The van der Waals surface area contributed by atoms with Crippen LogP contribution in [-0.2, 0) is 16.0 Å². The molecule has 2 heterocycles. The number of benzene rings is 1. The fourth-order valence-corrected chi connectivity index (χ4v) is 2.15. The number of nitrogens with one attached hydrogen (secondary N) is 1. The predicted molar refractivity (Wildman–Crippen MR) is 60.6 cm³/mol. The second kappa shape index (κ2) is 3.92. The van der Waals surface area contributed by atoms with Crippen LogP contribution in [0.1, 0.15) is 5.56 Å². The van der Waals surface area contributed by atoms with Crippen molar-refractivity contribution in [2.75, 3.05) is 25.6 Å². The normalized spacial score (nSPS) is 21.0. The van der Waals surface area contributed by atoms with Gasteiger partial charge in [0.15, 0.2) is 17.6 Å². The molecule has 2 aliphatic rings. The summed E-state index contributed by atoms with van der Waals surface area (Å²) in [5.74, 6) is 1.37. The summed E-state index contributed by atoms with van der Waals surface area (Å²) in [6.07, 6.45) is 0.233. The Balaban J connectivity index is 1.95. The van der Waals surface area contributed by atoms with E-state index in [1.54, 1.807) is 7.11 Å². The second-order valence-corrected chi connectivity index (χ2v) is 4.15. The van der Waals surface area contributed by atoms with Gasteiger partial charge in [0.2, 0.25) is 5.91 Å². The van der Waals surface area contributed by atoms with Crippen LogP contribution in [0, 0.1) is 0 Å². The summed E-state index contributed by atoms with van der Waals surface area (Å²) in [6.45, 7) is 0.950. The molecular formula is C12H13NO4. The molecule has 17 heavy (non-hydrogen) atoms. The van der Waals surface area contributed by atoms with Gasteiger partial charge in [0, 0.05) is 18.4 Å². The molecule has 5 heteroatoms. The molecular weight excluding hydrogens is 222 g/mol. The first-order valence-corrected chi connectivity index (χ1v) is 5.52. The minimum Gasteiger partial charge on any atom is -0.486 e. The van der Waals surface area contributed by atoms with Gasteiger partial charge in [-0.1, -0.05) is 0 Å². The standard InChI is InChI=1S/C12H13NO4/c1-15-5-7-6-16-10-3-2-9-8(12(10)17-7)4-11(14)13-9/h2-3,7H,4-6H2,1H3,(H,13,14)/t7-/m0/s1. The molecule has 0 saturated heterocycles. The maximum absolute atomic E-state index is 11.4. The smallest absolute Gasteiger partial charge is 0.229 e. The van der Waals surface area contributed by atoms with Gasteiger partial charge in [-0.3, -0.25) is 4.79 Å². The van der Waals surface area contributed by atoms with Crippen LogP contribution in [0.2, 0.25) is 0 Å². The molecule has 0 bridgehead atoms. The summed E-state index contributed by atoms with van der Waals surface area (Å²) in [5, 5.41) is 2.79. The van der Waals surface area contributed by atoms with E-state index in [1.807, 2.05) is 12.1 Å². The lowest BCUT2D eigenvalue weighted by Gasteiger charge is -2.27. The summed E-state index contributed by atoms with van der Waals surface area (Å²) in [4.78, 5) is 11.4. The van der Waals surface area contributed by atoms with Crippen LogP contribution in [0.4, 0.5) is 5.69 Å². The van der Waals surface area contributed by atoms with Gasteiger partial charge >= 0.3 is 0 Å². The van der Waals surface area contributed by atoms with Crippen molar-refractivity contribution >= 4 is 11.6 Å². The quantitative estimate of drug-likeness (QED) is 0.829. The van der Waals surface area contributed by atoms with Crippen molar-refractivity contribution in [3.05, 3.63) is 17.7 Å². The number of hydrogen-bond donors (Lipinski definition) is 1. The van der Waals surface area contributed by atoms with Gasteiger partial charge in [0.25, 0.3) is 0 Å². The predicted octanol–water partition coefficient (Wildman–Crippen LogP) is 0.967. The number of carbonyl (C=O) groups excluding carboxylic acids is 1. The third kappa shape index (κ3) is 1.72. The van der Waals surface area contributed by atoms with E-state index in [2.05, 4.69) is 5.32 Å². The van der Waals surface area contributed by atoms with Crippen LogP contribution in [0.25, 0.3) is 0 Å². The van der Waals surface area contributed by atoms with Gasteiger partial charge in [-0.05, 0) is 12.1 Å². The van der Waals surface area contributed by atoms with Crippen LogP contribution in [0.3, 0.4) is 0 Å². The maximum Gasteiger partial charge on any atom is 0.229 e. The molecule has 5 nitrogen and oxygen atoms in total. The van der Waals surface area contributed by atoms with Gasteiger partial charge in [-0.25, -0.2) is 0 Å². The van der Waals surface area contributed by atoms with Gasteiger partial charge in [0.1, 0.15) is 6.61 Å². The second-order valence-electron chi connectivity index (χ2n) is 4.15. The van der Waals surface area contributed by atoms with E-state index in [-0.39, 0.29) is 12.0 Å². The van der Waals surface area contributed by atoms with Crippen molar-refractivity contribution in [3.8, 4) is 11.5 Å². The number of amides is 1. The Hall–Kier alpha value is -1.75. The molecule has 0 fully saturated rings. The third-order valence-corrected chi connectivity index (χ3v) is 2.90. The minimum absolute atomic E-state index is 0.00846. The molecule has 0 aromatic heterocycles. The number of anilines is 1. The Morgan fingerprint density at radius 3 is 3.24 bits per heavy atom. The van der Waals surface area contributed by atoms with Crippen LogP contribution in [-0.4, -0.2) is 32.3 Å². The summed E-state index contributed by atoms with van der Waals surface area (Å²) in [7, 11) is 1.62. The van der Waals surface area contributed by atoms with E-state index in [4.69, 9.17) is 14.2 Å². The van der Waals surface area contributed by atoms with Crippen molar-refractivity contribution in [2.24, 2.45) is 0 Å². The van der Waals surface area contributed by atoms with Crippen LogP contribution >= 0.6 is 0 Å². The minimum atomic E-state index is -0.116. The van der Waals surface area contributed by atoms with Crippen molar-refractivity contribution in [1.29, 1.82) is 0 Å². The summed E-state index contributed by atoms with van der Waals surface area (Å²) in [5.41, 5.74) is 1.70. The molecule has 1 amide bonds. The molecule has 1 aromatic rings. The van der Waals surface area contributed by atoms with Gasteiger partial charge in [-0.2, -0.15) is 0 Å². The van der Waals surface area contributed by atoms with E-state index in [9.17, 15) is 4.79 Å². The highest BCUT2D eigenvalue weighted by Crippen LogP contribution is 2.41. The number of hydrogen-bond acceptors (Lipinski definition) is 4. The number of rotatable bonds is 2. The van der Waals surface area contributed by atoms with Gasteiger partial charge in [-0.15, -0.1) is 0 Å². The van der Waals surface area contributed by atoms with Crippen molar-refractivity contribution in [3.63, 3.8) is 0 Å². The molecule has 0 unspecified atom stereocenters. The lowest BCUT2D eigenvalue weighted by atomic mass is 10.1. The third-order valence-electron chi connectivity index (χ3n) is 2.90. The molecule has 2 aliphatic heterocycles. The van der Waals surface area contributed by atoms with E-state index < -0.39 is 0 Å². The molecule has 1 atom stereocenters. The zero-order valence-electron chi connectivity index (χ0n) is 9.49. The maximum atomic E-state index is 11.4. The number of methoxy groups -OCH3 is 1. The van der Waals surface area contributed by atoms with E-state index in [0.717, 1.165) is 11.3 Å². The van der Waals surface area contributed by atoms with Crippen molar-refractivity contribution < 1.29 is 19.0 Å². The van der Waals surface area contributed by atoms with Crippen molar-refractivity contribution in [1.82, 2.24) is 0 Å². The average molecular weight is 235 g/mol. The summed E-state index contributed by atoms with van der Waals surface area (Å²) in [6, 6.07) is 3.67. The van der Waals surface area contributed by atoms with Crippen molar-refractivity contribution in [2.45, 2.75) is 12.5 Å². The first-order chi connectivity index (χ1) is 8.28. The van der Waals surface area contributed by atoms with E-state index >= 15 is 0 Å². The zero-order chi connectivity index (χ0) is 11.8. The lowest BCUT2D eigenvalue weighted by Crippen LogP contribution is -2.33. The largest absolute Gasteiger partial charge is 0.486 e. The Morgan fingerprint density at radius 1 is 1.53 bits per heavy atom. The topological polar surface area (TPSA) is 56.8 Å². The highest BCUT2D eigenvalue weighted by Gasteiger charge is 2.29. The van der Waals surface area contributed by atoms with Crippen LogP contribution in [0.5, 0.6) is 11.5 Å². The summed E-state index contributed by atoms with van der Waals surface area (Å²) >= 11 is 0. The molecule has 0 radical (unpaired) electrons. The monoisotopic (exact) mass is 235 g/mol. The Labute approximate surface area is 98.7 Å². The van der Waals surface area contributed by atoms with Gasteiger partial charge in [0.05, 0.1) is 13.0 Å². The fraction of sp³-hybridized carbons (Fsp3) is 0.417. The summed E-state index contributed by atoms with van der Waals surface area (Å²) < 4.78 is 16.5. The molecule has 0 saturated carbocycles. The SMILES string of the molecule is COC[C@H]1COc2ccc3c(c2O1)CC(=O)N3. The molecule has 0 spiro atoms. The molecule has 90 valence electrons. The highest BCUT2D eigenvalue weighted by atomic mass is 16.6. The number of carbonyl (C=O) groups is 1. The van der Waals surface area contributed by atoms with E-state index in [1.165, 1.54) is 0 Å². The fourth-order valence-electron chi connectivity index (χ4n) is 2.15. The number of fused-ring (bicyclic) bond motifs is 3. The first kappa shape index (κ1) is 10.4. The van der Waals surface area contributed by atoms with Crippen LogP contribution < -0.4 is 14.8 Å². The Kier molecular flexibility index (Phi) is 2.40. The highest BCUT2D eigenvalue weighted by molar-refractivity contribution is 6.00. The average Bonchev–Trinajstić information content (AvgIpc) is 2.70.